The maximum Gasteiger partial charge on any atom is 0.275 e. The number of aryl methyl sites for hydroxylation is 1. The van der Waals surface area contributed by atoms with Gasteiger partial charge in [0.15, 0.2) is 0 Å². The van der Waals surface area contributed by atoms with Crippen LogP contribution in [-0.2, 0) is 0 Å². The second-order valence-electron chi connectivity index (χ2n) is 4.25. The molecule has 0 aliphatic heterocycles. The Morgan fingerprint density at radius 1 is 1.33 bits per heavy atom. The predicted octanol–water partition coefficient (Wildman–Crippen LogP) is 1.99. The van der Waals surface area contributed by atoms with Crippen molar-refractivity contribution in [1.82, 2.24) is 9.97 Å². The summed E-state index contributed by atoms with van der Waals surface area (Å²) in [6.45, 7) is 1.61. The number of hydrogen-bond donors (Lipinski definition) is 2. The second kappa shape index (κ2) is 5.95. The molecule has 0 radical (unpaired) electrons. The van der Waals surface area contributed by atoms with Gasteiger partial charge in [-0.3, -0.25) is 19.9 Å². The molecule has 0 saturated heterocycles. The summed E-state index contributed by atoms with van der Waals surface area (Å²) in [5.41, 5.74) is 1.08. The van der Waals surface area contributed by atoms with E-state index in [4.69, 9.17) is 0 Å². The lowest BCUT2D eigenvalue weighted by Crippen LogP contribution is -2.15. The first-order valence-electron chi connectivity index (χ1n) is 6.07. The molecule has 2 aromatic rings. The van der Waals surface area contributed by atoms with Crippen molar-refractivity contribution in [3.05, 3.63) is 52.0 Å². The highest BCUT2D eigenvalue weighted by atomic mass is 16.6. The van der Waals surface area contributed by atoms with Crippen molar-refractivity contribution in [3.63, 3.8) is 0 Å². The molecular weight excluding hydrogens is 274 g/mol. The number of hydrogen-bond acceptors (Lipinski definition) is 6. The minimum absolute atomic E-state index is 0.00460. The first-order valence-corrected chi connectivity index (χ1v) is 6.07. The van der Waals surface area contributed by atoms with Gasteiger partial charge in [0, 0.05) is 24.4 Å². The molecule has 1 amide bonds. The summed E-state index contributed by atoms with van der Waals surface area (Å²) in [6, 6.07) is 4.35. The lowest BCUT2D eigenvalue weighted by atomic mass is 10.2. The average Bonchev–Trinajstić information content (AvgIpc) is 2.47. The second-order valence-corrected chi connectivity index (χ2v) is 4.25. The third-order valence-electron chi connectivity index (χ3n) is 2.77. The molecule has 1 heterocycles. The van der Waals surface area contributed by atoms with Crippen LogP contribution in [0.25, 0.3) is 0 Å². The van der Waals surface area contributed by atoms with Crippen LogP contribution in [0.15, 0.2) is 30.6 Å². The van der Waals surface area contributed by atoms with E-state index in [1.54, 1.807) is 14.0 Å². The number of anilines is 2. The van der Waals surface area contributed by atoms with Crippen molar-refractivity contribution in [3.8, 4) is 0 Å². The van der Waals surface area contributed by atoms with Crippen LogP contribution >= 0.6 is 0 Å². The summed E-state index contributed by atoms with van der Waals surface area (Å²) in [5.74, 6) is 0.0374. The van der Waals surface area contributed by atoms with Crippen molar-refractivity contribution in [2.75, 3.05) is 17.7 Å². The van der Waals surface area contributed by atoms with E-state index in [1.165, 1.54) is 30.6 Å². The minimum Gasteiger partial charge on any atom is -0.372 e. The van der Waals surface area contributed by atoms with Crippen molar-refractivity contribution < 1.29 is 9.72 Å². The summed E-state index contributed by atoms with van der Waals surface area (Å²) >= 11 is 0. The molecule has 0 aliphatic carbocycles. The van der Waals surface area contributed by atoms with Gasteiger partial charge in [-0.05, 0) is 19.1 Å². The summed E-state index contributed by atoms with van der Waals surface area (Å²) in [6.07, 6.45) is 2.83. The van der Waals surface area contributed by atoms with Gasteiger partial charge in [-0.15, -0.1) is 0 Å². The Kier molecular flexibility index (Phi) is 4.07. The van der Waals surface area contributed by atoms with Crippen LogP contribution in [0.5, 0.6) is 0 Å². The van der Waals surface area contributed by atoms with Gasteiger partial charge >= 0.3 is 0 Å². The first kappa shape index (κ1) is 14.4. The lowest BCUT2D eigenvalue weighted by molar-refractivity contribution is -0.385. The summed E-state index contributed by atoms with van der Waals surface area (Å²) in [7, 11) is 1.67. The van der Waals surface area contributed by atoms with E-state index >= 15 is 0 Å². The van der Waals surface area contributed by atoms with E-state index < -0.39 is 10.8 Å². The van der Waals surface area contributed by atoms with Gasteiger partial charge in [0.25, 0.3) is 11.6 Å². The van der Waals surface area contributed by atoms with Gasteiger partial charge in [-0.1, -0.05) is 0 Å². The SMILES string of the molecule is CNc1cncc(C(=O)Nc2ccc([N+](=O)[O-])c(C)c2)n1. The van der Waals surface area contributed by atoms with Gasteiger partial charge in [-0.2, -0.15) is 0 Å². The molecule has 1 aromatic heterocycles. The Hall–Kier alpha value is -3.03. The van der Waals surface area contributed by atoms with Gasteiger partial charge in [-0.25, -0.2) is 4.98 Å². The summed E-state index contributed by atoms with van der Waals surface area (Å²) in [5, 5.41) is 16.2. The molecule has 0 fully saturated rings. The maximum atomic E-state index is 12.0. The summed E-state index contributed by atoms with van der Waals surface area (Å²) < 4.78 is 0. The molecule has 2 N–H and O–H groups in total. The van der Waals surface area contributed by atoms with E-state index in [1.807, 2.05) is 0 Å². The highest BCUT2D eigenvalue weighted by Crippen LogP contribution is 2.21. The number of carbonyl (C=O) groups is 1. The van der Waals surface area contributed by atoms with Crippen LogP contribution in [0.4, 0.5) is 17.2 Å². The van der Waals surface area contributed by atoms with E-state index in [0.29, 0.717) is 17.1 Å². The van der Waals surface area contributed by atoms with Gasteiger partial charge in [0.1, 0.15) is 11.5 Å². The van der Waals surface area contributed by atoms with Crippen LogP contribution in [0.1, 0.15) is 16.1 Å². The smallest absolute Gasteiger partial charge is 0.275 e. The van der Waals surface area contributed by atoms with Crippen molar-refractivity contribution in [1.29, 1.82) is 0 Å². The lowest BCUT2D eigenvalue weighted by Gasteiger charge is -2.06. The summed E-state index contributed by atoms with van der Waals surface area (Å²) in [4.78, 5) is 30.3. The maximum absolute atomic E-state index is 12.0. The molecule has 0 aliphatic rings. The Morgan fingerprint density at radius 2 is 2.10 bits per heavy atom. The van der Waals surface area contributed by atoms with Gasteiger partial charge in [0.05, 0.1) is 17.3 Å². The molecule has 1 aromatic carbocycles. The molecule has 0 spiro atoms. The van der Waals surface area contributed by atoms with E-state index in [0.717, 1.165) is 0 Å². The minimum atomic E-state index is -0.469. The Balaban J connectivity index is 2.19. The van der Waals surface area contributed by atoms with Gasteiger partial charge < -0.3 is 10.6 Å². The zero-order valence-corrected chi connectivity index (χ0v) is 11.5. The van der Waals surface area contributed by atoms with Crippen molar-refractivity contribution in [2.45, 2.75) is 6.92 Å². The highest BCUT2D eigenvalue weighted by Gasteiger charge is 2.13. The number of carbonyl (C=O) groups excluding carboxylic acids is 1. The zero-order valence-electron chi connectivity index (χ0n) is 11.5. The van der Waals surface area contributed by atoms with Crippen LogP contribution in [-0.4, -0.2) is 27.8 Å². The van der Waals surface area contributed by atoms with Crippen LogP contribution in [0, 0.1) is 17.0 Å². The standard InChI is InChI=1S/C13H13N5O3/c1-8-5-9(3-4-11(8)18(20)21)16-13(19)10-6-15-7-12(14-2)17-10/h3-7H,1-2H3,(H,14,17)(H,16,19). The van der Waals surface area contributed by atoms with E-state index in [2.05, 4.69) is 20.6 Å². The zero-order chi connectivity index (χ0) is 15.4. The topological polar surface area (TPSA) is 110 Å². The largest absolute Gasteiger partial charge is 0.372 e. The number of rotatable bonds is 4. The van der Waals surface area contributed by atoms with E-state index in [9.17, 15) is 14.9 Å². The van der Waals surface area contributed by atoms with Crippen molar-refractivity contribution >= 4 is 23.1 Å². The van der Waals surface area contributed by atoms with Crippen LogP contribution in [0.2, 0.25) is 0 Å². The molecule has 2 rings (SSSR count). The fourth-order valence-electron chi connectivity index (χ4n) is 1.73. The van der Waals surface area contributed by atoms with Crippen LogP contribution in [0.3, 0.4) is 0 Å². The molecule has 0 saturated carbocycles. The third-order valence-corrected chi connectivity index (χ3v) is 2.77. The quantitative estimate of drug-likeness (QED) is 0.657. The molecule has 0 bridgehead atoms. The number of nitro benzene ring substituents is 1. The number of nitro groups is 1. The molecule has 0 atom stereocenters. The Morgan fingerprint density at radius 3 is 2.71 bits per heavy atom. The molecule has 21 heavy (non-hydrogen) atoms. The number of aromatic nitrogens is 2. The normalized spacial score (nSPS) is 10.0. The van der Waals surface area contributed by atoms with E-state index in [-0.39, 0.29) is 11.4 Å². The molecule has 8 nitrogen and oxygen atoms in total. The number of nitrogens with one attached hydrogen (secondary N) is 2. The Labute approximate surface area is 120 Å². The van der Waals surface area contributed by atoms with Crippen molar-refractivity contribution in [2.24, 2.45) is 0 Å². The Bertz CT molecular complexity index is 702. The molecule has 108 valence electrons. The van der Waals surface area contributed by atoms with Crippen LogP contribution < -0.4 is 10.6 Å². The highest BCUT2D eigenvalue weighted by molar-refractivity contribution is 6.02. The molecule has 0 unspecified atom stereocenters. The number of nitrogens with zero attached hydrogens (tertiary/aromatic N) is 3. The molecular formula is C13H13N5O3. The fourth-order valence-corrected chi connectivity index (χ4v) is 1.73. The number of benzene rings is 1. The predicted molar refractivity (Wildman–Crippen MR) is 77.4 cm³/mol. The van der Waals surface area contributed by atoms with Gasteiger partial charge in [0.2, 0.25) is 0 Å². The average molecular weight is 287 g/mol. The molecule has 8 heteroatoms. The monoisotopic (exact) mass is 287 g/mol. The first-order chi connectivity index (χ1) is 10.0. The fraction of sp³-hybridized carbons (Fsp3) is 0.154. The third kappa shape index (κ3) is 3.30. The number of amides is 1.